The summed E-state index contributed by atoms with van der Waals surface area (Å²) in [4.78, 5) is 0. The number of aryl methyl sites for hydroxylation is 1. The Morgan fingerprint density at radius 1 is 1.12 bits per heavy atom. The minimum Gasteiger partial charge on any atom is -0.0883 e. The fourth-order valence-electron chi connectivity index (χ4n) is 2.02. The maximum Gasteiger partial charge on any atom is -0.0262 e. The maximum atomic E-state index is 2.39. The second-order valence-electron chi connectivity index (χ2n) is 4.93. The van der Waals surface area contributed by atoms with Gasteiger partial charge >= 0.3 is 0 Å². The van der Waals surface area contributed by atoms with Gasteiger partial charge in [-0.1, -0.05) is 69.2 Å². The molecule has 0 radical (unpaired) electrons. The number of allylic oxidation sites excluding steroid dienone is 2. The first-order valence-electron chi connectivity index (χ1n) is 7.03. The molecule has 0 heteroatoms. The molecule has 0 amide bonds. The predicted octanol–water partition coefficient (Wildman–Crippen LogP) is 5.39. The van der Waals surface area contributed by atoms with Gasteiger partial charge in [-0.25, -0.2) is 0 Å². The molecule has 0 nitrogen and oxygen atoms in total. The van der Waals surface area contributed by atoms with Gasteiger partial charge in [0.1, 0.15) is 0 Å². The monoisotopic (exact) mass is 230 g/mol. The lowest BCUT2D eigenvalue weighted by Crippen LogP contribution is -1.92. The standard InChI is InChI=1S/C17H26/c1-3-4-5-7-11-16(2)12-10-15-17-13-8-6-9-14-17/h6-9,11,13-14,16H,3-5,10,12,15H2,1-2H3/b11-7+. The van der Waals surface area contributed by atoms with Crippen LogP contribution in [0.1, 0.15) is 51.5 Å². The molecule has 1 aromatic carbocycles. The van der Waals surface area contributed by atoms with E-state index < -0.39 is 0 Å². The van der Waals surface area contributed by atoms with Crippen LogP contribution in [0.15, 0.2) is 42.5 Å². The molecule has 17 heavy (non-hydrogen) atoms. The maximum absolute atomic E-state index is 2.39. The third-order valence-electron chi connectivity index (χ3n) is 3.16. The highest BCUT2D eigenvalue weighted by Gasteiger charge is 1.97. The van der Waals surface area contributed by atoms with Gasteiger partial charge in [-0.15, -0.1) is 0 Å². The molecule has 1 unspecified atom stereocenters. The average Bonchev–Trinajstić information content (AvgIpc) is 2.36. The molecular weight excluding hydrogens is 204 g/mol. The zero-order valence-electron chi connectivity index (χ0n) is 11.4. The Balaban J connectivity index is 2.12. The van der Waals surface area contributed by atoms with Gasteiger partial charge in [0, 0.05) is 0 Å². The van der Waals surface area contributed by atoms with Crippen LogP contribution < -0.4 is 0 Å². The topological polar surface area (TPSA) is 0 Å². The van der Waals surface area contributed by atoms with E-state index in [-0.39, 0.29) is 0 Å². The zero-order valence-corrected chi connectivity index (χ0v) is 11.4. The van der Waals surface area contributed by atoms with Gasteiger partial charge in [-0.2, -0.15) is 0 Å². The smallest absolute Gasteiger partial charge is 0.0262 e. The van der Waals surface area contributed by atoms with Crippen molar-refractivity contribution in [3.8, 4) is 0 Å². The van der Waals surface area contributed by atoms with Crippen LogP contribution in [0, 0.1) is 5.92 Å². The number of hydrogen-bond acceptors (Lipinski definition) is 0. The average molecular weight is 230 g/mol. The van der Waals surface area contributed by atoms with Crippen molar-refractivity contribution in [2.75, 3.05) is 0 Å². The van der Waals surface area contributed by atoms with Crippen LogP contribution in [0.5, 0.6) is 0 Å². The van der Waals surface area contributed by atoms with E-state index in [4.69, 9.17) is 0 Å². The van der Waals surface area contributed by atoms with Gasteiger partial charge in [0.25, 0.3) is 0 Å². The summed E-state index contributed by atoms with van der Waals surface area (Å²) in [6.07, 6.45) is 12.4. The molecule has 0 N–H and O–H groups in total. The molecule has 0 bridgehead atoms. The second kappa shape index (κ2) is 9.04. The van der Waals surface area contributed by atoms with Crippen molar-refractivity contribution in [1.29, 1.82) is 0 Å². The molecule has 0 heterocycles. The quantitative estimate of drug-likeness (QED) is 0.415. The van der Waals surface area contributed by atoms with Crippen LogP contribution in [0.3, 0.4) is 0 Å². The molecular formula is C17H26. The molecule has 0 aromatic heterocycles. The van der Waals surface area contributed by atoms with Crippen LogP contribution in [0.25, 0.3) is 0 Å². The lowest BCUT2D eigenvalue weighted by Gasteiger charge is -2.06. The molecule has 0 saturated carbocycles. The van der Waals surface area contributed by atoms with Gasteiger partial charge in [-0.05, 0) is 37.2 Å². The van der Waals surface area contributed by atoms with Gasteiger partial charge < -0.3 is 0 Å². The third-order valence-corrected chi connectivity index (χ3v) is 3.16. The summed E-state index contributed by atoms with van der Waals surface area (Å²) < 4.78 is 0. The van der Waals surface area contributed by atoms with E-state index in [1.54, 1.807) is 0 Å². The summed E-state index contributed by atoms with van der Waals surface area (Å²) in [6.45, 7) is 4.57. The summed E-state index contributed by atoms with van der Waals surface area (Å²) >= 11 is 0. The molecule has 94 valence electrons. The zero-order chi connectivity index (χ0) is 12.3. The molecule has 1 atom stereocenters. The van der Waals surface area contributed by atoms with Gasteiger partial charge in [0.05, 0.1) is 0 Å². The third kappa shape index (κ3) is 6.99. The number of rotatable bonds is 8. The Kier molecular flexibility index (Phi) is 7.46. The minimum atomic E-state index is 0.732. The van der Waals surface area contributed by atoms with Crippen molar-refractivity contribution in [1.82, 2.24) is 0 Å². The van der Waals surface area contributed by atoms with E-state index in [2.05, 4.69) is 56.3 Å². The molecule has 0 aliphatic rings. The normalized spacial score (nSPS) is 13.1. The first kappa shape index (κ1) is 14.0. The van der Waals surface area contributed by atoms with Crippen molar-refractivity contribution in [2.45, 2.75) is 52.4 Å². The Morgan fingerprint density at radius 2 is 1.88 bits per heavy atom. The van der Waals surface area contributed by atoms with Gasteiger partial charge in [0.15, 0.2) is 0 Å². The minimum absolute atomic E-state index is 0.732. The SMILES string of the molecule is CCCC/C=C/C(C)CCCc1ccccc1. The first-order valence-corrected chi connectivity index (χ1v) is 7.03. The largest absolute Gasteiger partial charge is 0.0883 e. The molecule has 1 aromatic rings. The Hall–Kier alpha value is -1.04. The van der Waals surface area contributed by atoms with Gasteiger partial charge in [0.2, 0.25) is 0 Å². The molecule has 1 rings (SSSR count). The summed E-state index contributed by atoms with van der Waals surface area (Å²) in [5, 5.41) is 0. The van der Waals surface area contributed by atoms with E-state index in [1.807, 2.05) is 0 Å². The Bertz CT molecular complexity index is 297. The van der Waals surface area contributed by atoms with Crippen molar-refractivity contribution in [3.63, 3.8) is 0 Å². The highest BCUT2D eigenvalue weighted by atomic mass is 14.0. The lowest BCUT2D eigenvalue weighted by molar-refractivity contribution is 0.604. The highest BCUT2D eigenvalue weighted by molar-refractivity contribution is 5.14. The predicted molar refractivity (Wildman–Crippen MR) is 77.2 cm³/mol. The Labute approximate surface area is 107 Å². The van der Waals surface area contributed by atoms with Crippen molar-refractivity contribution in [3.05, 3.63) is 48.0 Å². The molecule has 0 aliphatic heterocycles. The van der Waals surface area contributed by atoms with E-state index in [9.17, 15) is 0 Å². The first-order chi connectivity index (χ1) is 8.33. The summed E-state index contributed by atoms with van der Waals surface area (Å²) in [7, 11) is 0. The molecule has 0 aliphatic carbocycles. The fraction of sp³-hybridized carbons (Fsp3) is 0.529. The van der Waals surface area contributed by atoms with Crippen molar-refractivity contribution < 1.29 is 0 Å². The second-order valence-corrected chi connectivity index (χ2v) is 4.93. The van der Waals surface area contributed by atoms with Crippen LogP contribution in [0.4, 0.5) is 0 Å². The number of hydrogen-bond donors (Lipinski definition) is 0. The Morgan fingerprint density at radius 3 is 2.59 bits per heavy atom. The molecule has 0 fully saturated rings. The number of unbranched alkanes of at least 4 members (excludes halogenated alkanes) is 2. The van der Waals surface area contributed by atoms with E-state index >= 15 is 0 Å². The van der Waals surface area contributed by atoms with E-state index in [0.717, 1.165) is 5.92 Å². The van der Waals surface area contributed by atoms with Crippen molar-refractivity contribution >= 4 is 0 Å². The van der Waals surface area contributed by atoms with Crippen LogP contribution in [-0.4, -0.2) is 0 Å². The van der Waals surface area contributed by atoms with Crippen LogP contribution in [0.2, 0.25) is 0 Å². The van der Waals surface area contributed by atoms with Crippen molar-refractivity contribution in [2.24, 2.45) is 5.92 Å². The molecule has 0 spiro atoms. The van der Waals surface area contributed by atoms with Gasteiger partial charge in [-0.3, -0.25) is 0 Å². The number of benzene rings is 1. The van der Waals surface area contributed by atoms with Crippen LogP contribution >= 0.6 is 0 Å². The lowest BCUT2D eigenvalue weighted by atomic mass is 10.0. The summed E-state index contributed by atoms with van der Waals surface area (Å²) in [5.41, 5.74) is 1.47. The summed E-state index contributed by atoms with van der Waals surface area (Å²) in [6, 6.07) is 10.8. The highest BCUT2D eigenvalue weighted by Crippen LogP contribution is 2.12. The summed E-state index contributed by atoms with van der Waals surface area (Å²) in [5.74, 6) is 0.732. The van der Waals surface area contributed by atoms with E-state index in [0.29, 0.717) is 0 Å². The van der Waals surface area contributed by atoms with Crippen LogP contribution in [-0.2, 0) is 6.42 Å². The molecule has 0 saturated heterocycles. The van der Waals surface area contributed by atoms with E-state index in [1.165, 1.54) is 44.1 Å². The fourth-order valence-corrected chi connectivity index (χ4v) is 2.02.